The van der Waals surface area contributed by atoms with Crippen LogP contribution in [-0.2, 0) is 14.4 Å². The third-order valence-electron chi connectivity index (χ3n) is 5.21. The van der Waals surface area contributed by atoms with E-state index in [1.807, 2.05) is 42.5 Å². The highest BCUT2D eigenvalue weighted by atomic mass is 35.5. The first-order valence-corrected chi connectivity index (χ1v) is 10.5. The average Bonchev–Trinajstić information content (AvgIpc) is 2.74. The Morgan fingerprint density at radius 2 is 1.80 bits per heavy atom. The first-order chi connectivity index (χ1) is 14.4. The topological polar surface area (TPSA) is 78.5 Å². The van der Waals surface area contributed by atoms with Crippen LogP contribution < -0.4 is 10.6 Å². The molecule has 6 nitrogen and oxygen atoms in total. The minimum atomic E-state index is -0.439. The third kappa shape index (κ3) is 6.07. The molecule has 158 valence electrons. The summed E-state index contributed by atoms with van der Waals surface area (Å²) in [5.74, 6) is -0.616. The lowest BCUT2D eigenvalue weighted by molar-refractivity contribution is -0.135. The molecule has 2 aromatic rings. The summed E-state index contributed by atoms with van der Waals surface area (Å²) in [6.45, 7) is 2.42. The predicted molar refractivity (Wildman–Crippen MR) is 117 cm³/mol. The quantitative estimate of drug-likeness (QED) is 0.736. The number of carbonyl (C=O) groups is 3. The zero-order chi connectivity index (χ0) is 21.5. The van der Waals surface area contributed by atoms with E-state index in [9.17, 15) is 14.4 Å². The average molecular weight is 428 g/mol. The van der Waals surface area contributed by atoms with Gasteiger partial charge in [0, 0.05) is 30.7 Å². The van der Waals surface area contributed by atoms with Gasteiger partial charge in [0.1, 0.15) is 0 Å². The molecule has 1 fully saturated rings. The number of likely N-dealkylation sites (tertiary alicyclic amines) is 1. The van der Waals surface area contributed by atoms with Crippen LogP contribution in [0, 0.1) is 5.92 Å². The van der Waals surface area contributed by atoms with Gasteiger partial charge in [0.25, 0.3) is 0 Å². The van der Waals surface area contributed by atoms with Gasteiger partial charge in [-0.25, -0.2) is 0 Å². The summed E-state index contributed by atoms with van der Waals surface area (Å²) in [6.07, 6.45) is 1.65. The van der Waals surface area contributed by atoms with Crippen LogP contribution in [0.3, 0.4) is 0 Å². The van der Waals surface area contributed by atoms with Gasteiger partial charge in [-0.3, -0.25) is 14.4 Å². The number of nitrogens with one attached hydrogen (secondary N) is 2. The number of hydrogen-bond donors (Lipinski definition) is 2. The first kappa shape index (κ1) is 21.8. The molecule has 0 saturated carbocycles. The summed E-state index contributed by atoms with van der Waals surface area (Å²) in [7, 11) is 0. The summed E-state index contributed by atoms with van der Waals surface area (Å²) in [5.41, 5.74) is 1.57. The van der Waals surface area contributed by atoms with E-state index in [1.54, 1.807) is 17.0 Å². The van der Waals surface area contributed by atoms with Gasteiger partial charge in [0.2, 0.25) is 17.7 Å². The highest BCUT2D eigenvalue weighted by Crippen LogP contribution is 2.24. The summed E-state index contributed by atoms with van der Waals surface area (Å²) in [4.78, 5) is 39.0. The van der Waals surface area contributed by atoms with Gasteiger partial charge in [-0.15, -0.1) is 0 Å². The van der Waals surface area contributed by atoms with Crippen LogP contribution in [-0.4, -0.2) is 35.7 Å². The van der Waals surface area contributed by atoms with Crippen LogP contribution in [0.15, 0.2) is 54.6 Å². The van der Waals surface area contributed by atoms with Crippen LogP contribution in [0.1, 0.15) is 37.8 Å². The van der Waals surface area contributed by atoms with Crippen molar-refractivity contribution >= 4 is 35.0 Å². The highest BCUT2D eigenvalue weighted by Gasteiger charge is 2.30. The Hall–Kier alpha value is -2.86. The highest BCUT2D eigenvalue weighted by molar-refractivity contribution is 6.30. The maximum absolute atomic E-state index is 13.0. The SMILES string of the molecule is CC(=O)NC(CC(=O)N1CCCC(C(=O)Nc2ccccc2)C1)c1ccc(Cl)cc1. The molecule has 30 heavy (non-hydrogen) atoms. The summed E-state index contributed by atoms with van der Waals surface area (Å²) in [6, 6.07) is 16.0. The van der Waals surface area contributed by atoms with E-state index in [-0.39, 0.29) is 30.1 Å². The number of nitrogens with zero attached hydrogens (tertiary/aromatic N) is 1. The predicted octanol–water partition coefficient (Wildman–Crippen LogP) is 3.78. The normalized spacial score (nSPS) is 17.1. The molecule has 0 aromatic heterocycles. The lowest BCUT2D eigenvalue weighted by atomic mass is 9.95. The molecule has 7 heteroatoms. The van der Waals surface area contributed by atoms with E-state index < -0.39 is 6.04 Å². The standard InChI is InChI=1S/C23H26ClN3O3/c1-16(28)25-21(17-9-11-19(24)12-10-17)14-22(29)27-13-5-6-18(15-27)23(30)26-20-7-3-2-4-8-20/h2-4,7-12,18,21H,5-6,13-15H2,1H3,(H,25,28)(H,26,30). The van der Waals surface area contributed by atoms with Gasteiger partial charge in [0.05, 0.1) is 18.4 Å². The van der Waals surface area contributed by atoms with Gasteiger partial charge in [-0.05, 0) is 42.7 Å². The largest absolute Gasteiger partial charge is 0.349 e. The van der Waals surface area contributed by atoms with Gasteiger partial charge in [-0.1, -0.05) is 41.9 Å². The van der Waals surface area contributed by atoms with Crippen molar-refractivity contribution < 1.29 is 14.4 Å². The number of amides is 3. The van der Waals surface area contributed by atoms with E-state index in [2.05, 4.69) is 10.6 Å². The molecular weight excluding hydrogens is 402 g/mol. The number of hydrogen-bond acceptors (Lipinski definition) is 3. The number of piperidine rings is 1. The minimum Gasteiger partial charge on any atom is -0.349 e. The second-order valence-electron chi connectivity index (χ2n) is 7.54. The lowest BCUT2D eigenvalue weighted by Gasteiger charge is -2.33. The van der Waals surface area contributed by atoms with Crippen molar-refractivity contribution in [3.8, 4) is 0 Å². The smallest absolute Gasteiger partial charge is 0.229 e. The van der Waals surface area contributed by atoms with E-state index in [0.29, 0.717) is 18.1 Å². The molecule has 1 heterocycles. The lowest BCUT2D eigenvalue weighted by Crippen LogP contribution is -2.45. The molecule has 0 bridgehead atoms. The molecule has 1 aliphatic heterocycles. The molecule has 2 atom stereocenters. The van der Waals surface area contributed by atoms with Gasteiger partial charge < -0.3 is 15.5 Å². The van der Waals surface area contributed by atoms with Crippen LogP contribution in [0.25, 0.3) is 0 Å². The van der Waals surface area contributed by atoms with E-state index in [1.165, 1.54) is 6.92 Å². The number of rotatable bonds is 6. The molecule has 2 N–H and O–H groups in total. The fourth-order valence-corrected chi connectivity index (χ4v) is 3.81. The zero-order valence-corrected chi connectivity index (χ0v) is 17.7. The van der Waals surface area contributed by atoms with Crippen molar-refractivity contribution in [3.63, 3.8) is 0 Å². The Kier molecular flexibility index (Phi) is 7.46. The number of halogens is 1. The van der Waals surface area contributed by atoms with Crippen molar-refractivity contribution in [1.82, 2.24) is 10.2 Å². The Labute approximate surface area is 181 Å². The van der Waals surface area contributed by atoms with E-state index in [4.69, 9.17) is 11.6 Å². The van der Waals surface area contributed by atoms with Gasteiger partial charge in [0.15, 0.2) is 0 Å². The molecule has 3 rings (SSSR count). The number of carbonyl (C=O) groups excluding carboxylic acids is 3. The van der Waals surface area contributed by atoms with Crippen LogP contribution >= 0.6 is 11.6 Å². The van der Waals surface area contributed by atoms with Crippen LogP contribution in [0.5, 0.6) is 0 Å². The van der Waals surface area contributed by atoms with Crippen molar-refractivity contribution in [3.05, 3.63) is 65.2 Å². The maximum Gasteiger partial charge on any atom is 0.229 e. The molecule has 2 aromatic carbocycles. The van der Waals surface area contributed by atoms with Gasteiger partial charge >= 0.3 is 0 Å². The van der Waals surface area contributed by atoms with Gasteiger partial charge in [-0.2, -0.15) is 0 Å². The molecule has 3 amide bonds. The van der Waals surface area contributed by atoms with Crippen LogP contribution in [0.4, 0.5) is 5.69 Å². The third-order valence-corrected chi connectivity index (χ3v) is 5.47. The second kappa shape index (κ2) is 10.3. The molecule has 0 aliphatic carbocycles. The fraction of sp³-hybridized carbons (Fsp3) is 0.348. The monoisotopic (exact) mass is 427 g/mol. The molecule has 0 spiro atoms. The maximum atomic E-state index is 13.0. The zero-order valence-electron chi connectivity index (χ0n) is 16.9. The molecule has 1 aliphatic rings. The van der Waals surface area contributed by atoms with Crippen molar-refractivity contribution in [2.75, 3.05) is 18.4 Å². The summed E-state index contributed by atoms with van der Waals surface area (Å²) in [5, 5.41) is 6.36. The Bertz CT molecular complexity index is 886. The molecule has 1 saturated heterocycles. The first-order valence-electron chi connectivity index (χ1n) is 10.1. The van der Waals surface area contributed by atoms with Crippen LogP contribution in [0.2, 0.25) is 5.02 Å². The number of anilines is 1. The summed E-state index contributed by atoms with van der Waals surface area (Å²) < 4.78 is 0. The van der Waals surface area contributed by atoms with E-state index in [0.717, 1.165) is 24.1 Å². The Balaban J connectivity index is 1.63. The molecular formula is C23H26ClN3O3. The fourth-order valence-electron chi connectivity index (χ4n) is 3.68. The second-order valence-corrected chi connectivity index (χ2v) is 7.98. The Morgan fingerprint density at radius 3 is 2.47 bits per heavy atom. The minimum absolute atomic E-state index is 0.0742. The number of para-hydroxylation sites is 1. The molecule has 2 unspecified atom stereocenters. The Morgan fingerprint density at radius 1 is 1.10 bits per heavy atom. The number of benzene rings is 2. The van der Waals surface area contributed by atoms with Crippen molar-refractivity contribution in [2.45, 2.75) is 32.2 Å². The van der Waals surface area contributed by atoms with E-state index >= 15 is 0 Å². The molecule has 0 radical (unpaired) electrons. The van der Waals surface area contributed by atoms with Crippen molar-refractivity contribution in [2.24, 2.45) is 5.92 Å². The van der Waals surface area contributed by atoms with Crippen molar-refractivity contribution in [1.29, 1.82) is 0 Å². The summed E-state index contributed by atoms with van der Waals surface area (Å²) >= 11 is 5.95.